The van der Waals surface area contributed by atoms with Crippen molar-refractivity contribution in [3.05, 3.63) is 16.4 Å². The first kappa shape index (κ1) is 14.8. The van der Waals surface area contributed by atoms with Gasteiger partial charge in [-0.05, 0) is 39.0 Å². The fraction of sp³-hybridized carbons (Fsp3) is 0.769. The van der Waals surface area contributed by atoms with E-state index < -0.39 is 0 Å². The van der Waals surface area contributed by atoms with Crippen LogP contribution in [0.4, 0.5) is 0 Å². The van der Waals surface area contributed by atoms with Gasteiger partial charge in [-0.25, -0.2) is 0 Å². The third kappa shape index (κ3) is 4.18. The molecule has 0 radical (unpaired) electrons. The van der Waals surface area contributed by atoms with Crippen molar-refractivity contribution in [3.63, 3.8) is 0 Å². The Balaban J connectivity index is 2.62. The van der Waals surface area contributed by atoms with Crippen molar-refractivity contribution in [1.29, 1.82) is 0 Å². The van der Waals surface area contributed by atoms with Crippen molar-refractivity contribution >= 4 is 23.2 Å². The van der Waals surface area contributed by atoms with E-state index >= 15 is 0 Å². The summed E-state index contributed by atoms with van der Waals surface area (Å²) >= 11 is 12.6. The minimum Gasteiger partial charge on any atom is -0.268 e. The second kappa shape index (κ2) is 6.65. The Morgan fingerprint density at radius 2 is 2.00 bits per heavy atom. The summed E-state index contributed by atoms with van der Waals surface area (Å²) in [5.74, 6) is 0.644. The van der Waals surface area contributed by atoms with Gasteiger partial charge in [0.15, 0.2) is 0 Å². The zero-order valence-corrected chi connectivity index (χ0v) is 12.6. The summed E-state index contributed by atoms with van der Waals surface area (Å²) in [6, 6.07) is 0. The second-order valence-corrected chi connectivity index (χ2v) is 5.92. The topological polar surface area (TPSA) is 17.8 Å². The van der Waals surface area contributed by atoms with Crippen molar-refractivity contribution in [2.45, 2.75) is 58.9 Å². The molecule has 0 saturated carbocycles. The van der Waals surface area contributed by atoms with Gasteiger partial charge in [-0.15, -0.1) is 11.6 Å². The van der Waals surface area contributed by atoms with E-state index in [1.165, 1.54) is 0 Å². The second-order valence-electron chi connectivity index (χ2n) is 4.93. The summed E-state index contributed by atoms with van der Waals surface area (Å²) in [7, 11) is 0. The number of nitrogens with zero attached hydrogens (tertiary/aromatic N) is 2. The van der Waals surface area contributed by atoms with E-state index in [2.05, 4.69) is 25.9 Å². The van der Waals surface area contributed by atoms with E-state index in [1.807, 2.05) is 11.6 Å². The highest BCUT2D eigenvalue weighted by molar-refractivity contribution is 6.31. The fourth-order valence-electron chi connectivity index (χ4n) is 2.03. The molecule has 0 aromatic carbocycles. The number of hydrogen-bond acceptors (Lipinski definition) is 1. The summed E-state index contributed by atoms with van der Waals surface area (Å²) in [4.78, 5) is 0. The Hall–Kier alpha value is -0.210. The molecule has 1 rings (SSSR count). The van der Waals surface area contributed by atoms with Gasteiger partial charge in [-0.3, -0.25) is 4.68 Å². The molecule has 1 aromatic heterocycles. The maximum Gasteiger partial charge on any atom is 0.0847 e. The lowest BCUT2D eigenvalue weighted by atomic mass is 10.0. The van der Waals surface area contributed by atoms with Crippen molar-refractivity contribution in [2.75, 3.05) is 0 Å². The molecule has 0 aliphatic heterocycles. The third-order valence-electron chi connectivity index (χ3n) is 2.87. The molecule has 1 unspecified atom stereocenters. The molecule has 4 heteroatoms. The SMILES string of the molecule is CCn1nc(C)c(Cl)c1CCC(Cl)CC(C)C. The molecule has 0 amide bonds. The zero-order chi connectivity index (χ0) is 13.0. The Morgan fingerprint density at radius 1 is 1.35 bits per heavy atom. The Labute approximate surface area is 114 Å². The maximum absolute atomic E-state index is 6.31. The summed E-state index contributed by atoms with van der Waals surface area (Å²) in [5, 5.41) is 5.44. The normalized spacial score (nSPS) is 13.4. The molecular weight excluding hydrogens is 255 g/mol. The van der Waals surface area contributed by atoms with Crippen LogP contribution < -0.4 is 0 Å². The van der Waals surface area contributed by atoms with Gasteiger partial charge in [0.25, 0.3) is 0 Å². The largest absolute Gasteiger partial charge is 0.268 e. The summed E-state index contributed by atoms with van der Waals surface area (Å²) in [6.45, 7) is 9.29. The van der Waals surface area contributed by atoms with E-state index in [1.54, 1.807) is 0 Å². The smallest absolute Gasteiger partial charge is 0.0847 e. The van der Waals surface area contributed by atoms with Crippen LogP contribution in [-0.4, -0.2) is 15.2 Å². The maximum atomic E-state index is 6.31. The van der Waals surface area contributed by atoms with Gasteiger partial charge in [-0.2, -0.15) is 5.10 Å². The highest BCUT2D eigenvalue weighted by Gasteiger charge is 2.14. The molecule has 98 valence electrons. The highest BCUT2D eigenvalue weighted by Crippen LogP contribution is 2.24. The van der Waals surface area contributed by atoms with Crippen LogP contribution in [0.3, 0.4) is 0 Å². The summed E-state index contributed by atoms with van der Waals surface area (Å²) in [6.07, 6.45) is 2.93. The number of alkyl halides is 1. The van der Waals surface area contributed by atoms with E-state index in [-0.39, 0.29) is 5.38 Å². The Bertz CT molecular complexity index is 359. The molecular formula is C13H22Cl2N2. The van der Waals surface area contributed by atoms with Crippen LogP contribution in [0.15, 0.2) is 0 Å². The molecule has 0 bridgehead atoms. The van der Waals surface area contributed by atoms with Gasteiger partial charge < -0.3 is 0 Å². The van der Waals surface area contributed by atoms with Crippen LogP contribution >= 0.6 is 23.2 Å². The first-order valence-electron chi connectivity index (χ1n) is 6.31. The fourth-order valence-corrected chi connectivity index (χ4v) is 2.73. The lowest BCUT2D eigenvalue weighted by molar-refractivity contribution is 0.532. The van der Waals surface area contributed by atoms with Crippen molar-refractivity contribution in [1.82, 2.24) is 9.78 Å². The Morgan fingerprint density at radius 3 is 2.53 bits per heavy atom. The minimum atomic E-state index is 0.228. The van der Waals surface area contributed by atoms with Crippen molar-refractivity contribution in [2.24, 2.45) is 5.92 Å². The predicted octanol–water partition coefficient (Wildman–Crippen LogP) is 4.45. The lowest BCUT2D eigenvalue weighted by Gasteiger charge is -2.12. The molecule has 0 aliphatic carbocycles. The minimum absolute atomic E-state index is 0.228. The van der Waals surface area contributed by atoms with E-state index in [0.29, 0.717) is 5.92 Å². The van der Waals surface area contributed by atoms with Gasteiger partial charge in [0, 0.05) is 11.9 Å². The first-order chi connectivity index (χ1) is 7.95. The Kier molecular flexibility index (Phi) is 5.81. The van der Waals surface area contributed by atoms with Crippen LogP contribution in [0.5, 0.6) is 0 Å². The lowest BCUT2D eigenvalue weighted by Crippen LogP contribution is -2.08. The van der Waals surface area contributed by atoms with Gasteiger partial charge in [0.2, 0.25) is 0 Å². The van der Waals surface area contributed by atoms with Gasteiger partial charge in [0.1, 0.15) is 0 Å². The molecule has 0 spiro atoms. The molecule has 0 N–H and O–H groups in total. The molecule has 17 heavy (non-hydrogen) atoms. The van der Waals surface area contributed by atoms with Crippen LogP contribution in [0.25, 0.3) is 0 Å². The molecule has 1 heterocycles. The summed E-state index contributed by atoms with van der Waals surface area (Å²) in [5.41, 5.74) is 2.04. The number of hydrogen-bond donors (Lipinski definition) is 0. The van der Waals surface area contributed by atoms with Gasteiger partial charge >= 0.3 is 0 Å². The quantitative estimate of drug-likeness (QED) is 0.702. The average molecular weight is 277 g/mol. The molecule has 2 nitrogen and oxygen atoms in total. The van der Waals surface area contributed by atoms with Gasteiger partial charge in [0.05, 0.1) is 16.4 Å². The average Bonchev–Trinajstić information content (AvgIpc) is 2.51. The summed E-state index contributed by atoms with van der Waals surface area (Å²) < 4.78 is 1.98. The van der Waals surface area contributed by atoms with Crippen molar-refractivity contribution in [3.8, 4) is 0 Å². The highest BCUT2D eigenvalue weighted by atomic mass is 35.5. The van der Waals surface area contributed by atoms with Gasteiger partial charge in [-0.1, -0.05) is 25.4 Å². The van der Waals surface area contributed by atoms with Crippen LogP contribution in [0.2, 0.25) is 5.02 Å². The molecule has 1 atom stereocenters. The molecule has 0 saturated heterocycles. The molecule has 0 aliphatic rings. The van der Waals surface area contributed by atoms with E-state index in [4.69, 9.17) is 23.2 Å². The van der Waals surface area contributed by atoms with Crippen LogP contribution in [0, 0.1) is 12.8 Å². The third-order valence-corrected chi connectivity index (χ3v) is 3.76. The predicted molar refractivity (Wildman–Crippen MR) is 75.1 cm³/mol. The molecule has 1 aromatic rings. The van der Waals surface area contributed by atoms with Crippen molar-refractivity contribution < 1.29 is 0 Å². The standard InChI is InChI=1S/C13H22Cl2N2/c1-5-17-12(13(15)10(4)16-17)7-6-11(14)8-9(2)3/h9,11H,5-8H2,1-4H3. The number of aryl methyl sites for hydroxylation is 2. The number of halogens is 2. The number of rotatable bonds is 6. The van der Waals surface area contributed by atoms with Crippen LogP contribution in [-0.2, 0) is 13.0 Å². The van der Waals surface area contributed by atoms with E-state index in [0.717, 1.165) is 42.2 Å². The first-order valence-corrected chi connectivity index (χ1v) is 7.13. The molecule has 0 fully saturated rings. The van der Waals surface area contributed by atoms with E-state index in [9.17, 15) is 0 Å². The monoisotopic (exact) mass is 276 g/mol. The number of aromatic nitrogens is 2. The van der Waals surface area contributed by atoms with Crippen LogP contribution in [0.1, 0.15) is 45.0 Å². The zero-order valence-electron chi connectivity index (χ0n) is 11.1.